The Morgan fingerprint density at radius 1 is 1.28 bits per heavy atom. The molecule has 3 unspecified atom stereocenters. The highest BCUT2D eigenvalue weighted by Crippen LogP contribution is 2.48. The molecule has 1 amide bonds. The molecule has 3 atom stereocenters. The molecule has 0 heterocycles. The zero-order chi connectivity index (χ0) is 13.3. The van der Waals surface area contributed by atoms with Gasteiger partial charge in [0, 0.05) is 17.9 Å². The van der Waals surface area contributed by atoms with E-state index in [9.17, 15) is 9.59 Å². The Hall–Kier alpha value is -1.06. The van der Waals surface area contributed by atoms with Crippen molar-refractivity contribution >= 4 is 11.9 Å². The first-order valence-corrected chi connectivity index (χ1v) is 6.91. The third kappa shape index (κ3) is 3.03. The maximum Gasteiger partial charge on any atom is 0.303 e. The van der Waals surface area contributed by atoms with Gasteiger partial charge >= 0.3 is 5.97 Å². The summed E-state index contributed by atoms with van der Waals surface area (Å²) in [7, 11) is 0. The molecule has 0 aromatic rings. The Bertz CT molecular complexity index is 351. The van der Waals surface area contributed by atoms with Crippen molar-refractivity contribution in [3.05, 3.63) is 0 Å². The Labute approximate surface area is 108 Å². The number of aliphatic carboxylic acids is 1. The predicted octanol–water partition coefficient (Wildman–Crippen LogP) is 2.18. The average molecular weight is 253 g/mol. The van der Waals surface area contributed by atoms with Gasteiger partial charge in [-0.1, -0.05) is 6.42 Å². The number of amides is 1. The lowest BCUT2D eigenvalue weighted by atomic mass is 9.87. The van der Waals surface area contributed by atoms with Crippen LogP contribution in [0.5, 0.6) is 0 Å². The highest BCUT2D eigenvalue weighted by atomic mass is 16.4. The maximum absolute atomic E-state index is 12.2. The van der Waals surface area contributed by atoms with Crippen LogP contribution in [0.25, 0.3) is 0 Å². The van der Waals surface area contributed by atoms with Crippen LogP contribution in [0.2, 0.25) is 0 Å². The van der Waals surface area contributed by atoms with Crippen LogP contribution in [0.15, 0.2) is 0 Å². The molecule has 4 heteroatoms. The fourth-order valence-electron chi connectivity index (χ4n) is 3.47. The van der Waals surface area contributed by atoms with Gasteiger partial charge in [0.05, 0.1) is 0 Å². The van der Waals surface area contributed by atoms with E-state index >= 15 is 0 Å². The topological polar surface area (TPSA) is 66.4 Å². The van der Waals surface area contributed by atoms with Crippen molar-refractivity contribution in [3.63, 3.8) is 0 Å². The summed E-state index contributed by atoms with van der Waals surface area (Å²) < 4.78 is 0. The molecule has 2 saturated carbocycles. The maximum atomic E-state index is 12.2. The monoisotopic (exact) mass is 253 g/mol. The van der Waals surface area contributed by atoms with Gasteiger partial charge in [0.2, 0.25) is 5.91 Å². The first-order valence-electron chi connectivity index (χ1n) is 6.91. The van der Waals surface area contributed by atoms with Crippen LogP contribution in [0.1, 0.15) is 52.4 Å². The SMILES string of the molecule is CC(C)(CCC(=O)O)NC(=O)C1CC2CCC1C2. The van der Waals surface area contributed by atoms with Crippen LogP contribution in [-0.2, 0) is 9.59 Å². The van der Waals surface area contributed by atoms with Crippen LogP contribution < -0.4 is 5.32 Å². The van der Waals surface area contributed by atoms with E-state index in [0.717, 1.165) is 12.3 Å². The van der Waals surface area contributed by atoms with E-state index < -0.39 is 11.5 Å². The van der Waals surface area contributed by atoms with Crippen molar-refractivity contribution in [2.45, 2.75) is 57.9 Å². The second kappa shape index (κ2) is 4.90. The average Bonchev–Trinajstić information content (AvgIpc) is 2.87. The summed E-state index contributed by atoms with van der Waals surface area (Å²) >= 11 is 0. The minimum absolute atomic E-state index is 0.101. The van der Waals surface area contributed by atoms with E-state index in [0.29, 0.717) is 12.3 Å². The van der Waals surface area contributed by atoms with Crippen LogP contribution in [-0.4, -0.2) is 22.5 Å². The highest BCUT2D eigenvalue weighted by Gasteiger charge is 2.43. The summed E-state index contributed by atoms with van der Waals surface area (Å²) in [5.41, 5.74) is -0.419. The largest absolute Gasteiger partial charge is 0.481 e. The summed E-state index contributed by atoms with van der Waals surface area (Å²) in [6.45, 7) is 3.81. The number of carboxylic acids is 1. The van der Waals surface area contributed by atoms with E-state index in [1.54, 1.807) is 0 Å². The molecule has 0 aromatic carbocycles. The lowest BCUT2D eigenvalue weighted by Gasteiger charge is -2.30. The summed E-state index contributed by atoms with van der Waals surface area (Å²) in [4.78, 5) is 22.8. The number of fused-ring (bicyclic) bond motifs is 2. The third-order valence-electron chi connectivity index (χ3n) is 4.50. The fourth-order valence-corrected chi connectivity index (χ4v) is 3.47. The zero-order valence-electron chi connectivity index (χ0n) is 11.2. The van der Waals surface area contributed by atoms with Crippen LogP contribution >= 0.6 is 0 Å². The fraction of sp³-hybridized carbons (Fsp3) is 0.857. The molecule has 102 valence electrons. The summed E-state index contributed by atoms with van der Waals surface area (Å²) in [6.07, 6.45) is 5.31. The molecule has 2 aliphatic rings. The van der Waals surface area contributed by atoms with E-state index in [2.05, 4.69) is 5.32 Å². The molecule has 2 aliphatic carbocycles. The first kappa shape index (κ1) is 13.4. The van der Waals surface area contributed by atoms with Gasteiger partial charge in [-0.15, -0.1) is 0 Å². The first-order chi connectivity index (χ1) is 8.37. The second-order valence-corrected chi connectivity index (χ2v) is 6.55. The van der Waals surface area contributed by atoms with Gasteiger partial charge in [0.25, 0.3) is 0 Å². The van der Waals surface area contributed by atoms with Gasteiger partial charge in [-0.25, -0.2) is 0 Å². The predicted molar refractivity (Wildman–Crippen MR) is 68.0 cm³/mol. The second-order valence-electron chi connectivity index (χ2n) is 6.55. The van der Waals surface area contributed by atoms with Gasteiger partial charge in [0.15, 0.2) is 0 Å². The van der Waals surface area contributed by atoms with E-state index in [-0.39, 0.29) is 18.2 Å². The van der Waals surface area contributed by atoms with E-state index in [1.165, 1.54) is 19.3 Å². The molecule has 2 bridgehead atoms. The molecule has 0 spiro atoms. The van der Waals surface area contributed by atoms with Crippen molar-refractivity contribution in [2.75, 3.05) is 0 Å². The Kier molecular flexibility index (Phi) is 3.64. The Balaban J connectivity index is 1.85. The molecule has 0 aliphatic heterocycles. The number of hydrogen-bond donors (Lipinski definition) is 2. The molecular weight excluding hydrogens is 230 g/mol. The molecule has 4 nitrogen and oxygen atoms in total. The quantitative estimate of drug-likeness (QED) is 0.789. The smallest absolute Gasteiger partial charge is 0.303 e. The third-order valence-corrected chi connectivity index (χ3v) is 4.50. The van der Waals surface area contributed by atoms with E-state index in [4.69, 9.17) is 5.11 Å². The van der Waals surface area contributed by atoms with Gasteiger partial charge in [-0.3, -0.25) is 9.59 Å². The number of carbonyl (C=O) groups is 2. The van der Waals surface area contributed by atoms with Gasteiger partial charge in [-0.05, 0) is 51.4 Å². The van der Waals surface area contributed by atoms with Crippen molar-refractivity contribution in [3.8, 4) is 0 Å². The standard InChI is InChI=1S/C14H23NO3/c1-14(2,6-5-12(16)17)15-13(18)11-8-9-3-4-10(11)7-9/h9-11H,3-8H2,1-2H3,(H,15,18)(H,16,17). The van der Waals surface area contributed by atoms with Crippen LogP contribution in [0.4, 0.5) is 0 Å². The van der Waals surface area contributed by atoms with Crippen molar-refractivity contribution in [1.29, 1.82) is 0 Å². The normalized spacial score (nSPS) is 30.4. The summed E-state index contributed by atoms with van der Waals surface area (Å²) in [5, 5.41) is 11.7. The van der Waals surface area contributed by atoms with Crippen molar-refractivity contribution in [2.24, 2.45) is 17.8 Å². The minimum atomic E-state index is -0.808. The van der Waals surface area contributed by atoms with Gasteiger partial charge in [0.1, 0.15) is 0 Å². The summed E-state index contributed by atoms with van der Waals surface area (Å²) in [6, 6.07) is 0. The molecule has 2 rings (SSSR count). The number of rotatable bonds is 5. The zero-order valence-corrected chi connectivity index (χ0v) is 11.2. The van der Waals surface area contributed by atoms with Crippen LogP contribution in [0.3, 0.4) is 0 Å². The lowest BCUT2D eigenvalue weighted by molar-refractivity contribution is -0.138. The highest BCUT2D eigenvalue weighted by molar-refractivity contribution is 5.80. The van der Waals surface area contributed by atoms with E-state index in [1.807, 2.05) is 13.8 Å². The minimum Gasteiger partial charge on any atom is -0.481 e. The molecule has 2 N–H and O–H groups in total. The number of hydrogen-bond acceptors (Lipinski definition) is 2. The molecule has 0 saturated heterocycles. The number of nitrogens with one attached hydrogen (secondary N) is 1. The molecular formula is C14H23NO3. The number of carbonyl (C=O) groups excluding carboxylic acids is 1. The van der Waals surface area contributed by atoms with Gasteiger partial charge < -0.3 is 10.4 Å². The van der Waals surface area contributed by atoms with Gasteiger partial charge in [-0.2, -0.15) is 0 Å². The Morgan fingerprint density at radius 2 is 2.00 bits per heavy atom. The van der Waals surface area contributed by atoms with Crippen LogP contribution in [0, 0.1) is 17.8 Å². The number of carboxylic acid groups (broad SMARTS) is 1. The van der Waals surface area contributed by atoms with Crippen molar-refractivity contribution < 1.29 is 14.7 Å². The molecule has 2 fully saturated rings. The Morgan fingerprint density at radius 3 is 2.50 bits per heavy atom. The molecule has 0 aromatic heterocycles. The molecule has 18 heavy (non-hydrogen) atoms. The molecule has 0 radical (unpaired) electrons. The summed E-state index contributed by atoms with van der Waals surface area (Å²) in [5.74, 6) is 0.834. The lowest BCUT2D eigenvalue weighted by Crippen LogP contribution is -2.47. The van der Waals surface area contributed by atoms with Crippen molar-refractivity contribution in [1.82, 2.24) is 5.32 Å².